The first kappa shape index (κ1) is 20.9. The van der Waals surface area contributed by atoms with Crippen LogP contribution in [-0.4, -0.2) is 87.9 Å². The molecule has 1 unspecified atom stereocenters. The predicted molar refractivity (Wildman–Crippen MR) is 107 cm³/mol. The lowest BCUT2D eigenvalue weighted by Gasteiger charge is -2.28. The van der Waals surface area contributed by atoms with Gasteiger partial charge in [0.2, 0.25) is 0 Å². The van der Waals surface area contributed by atoms with Gasteiger partial charge >= 0.3 is 0 Å². The number of ether oxygens (including phenoxy) is 1. The molecule has 0 amide bonds. The minimum atomic E-state index is 0. The first-order chi connectivity index (χ1) is 10.8. The zero-order valence-electron chi connectivity index (χ0n) is 14.7. The monoisotopic (exact) mass is 439 g/mol. The molecular formula is C16H34IN5O. The molecule has 2 rings (SSSR count). The number of guanidine groups is 1. The molecule has 0 saturated carbocycles. The number of hydrogen-bond donors (Lipinski definition) is 2. The van der Waals surface area contributed by atoms with Crippen LogP contribution in [0.4, 0.5) is 0 Å². The van der Waals surface area contributed by atoms with Crippen LogP contribution in [0.5, 0.6) is 0 Å². The molecule has 2 heterocycles. The van der Waals surface area contributed by atoms with Gasteiger partial charge in [-0.05, 0) is 32.4 Å². The number of halogens is 1. The van der Waals surface area contributed by atoms with E-state index in [4.69, 9.17) is 4.74 Å². The van der Waals surface area contributed by atoms with E-state index in [0.717, 1.165) is 51.9 Å². The summed E-state index contributed by atoms with van der Waals surface area (Å²) in [6.45, 7) is 11.6. The zero-order valence-corrected chi connectivity index (χ0v) is 17.1. The Bertz CT molecular complexity index is 330. The van der Waals surface area contributed by atoms with Crippen molar-refractivity contribution in [1.29, 1.82) is 0 Å². The summed E-state index contributed by atoms with van der Waals surface area (Å²) in [7, 11) is 1.85. The van der Waals surface area contributed by atoms with Crippen LogP contribution < -0.4 is 10.6 Å². The molecule has 0 spiro atoms. The lowest BCUT2D eigenvalue weighted by molar-refractivity contribution is 0.0389. The minimum absolute atomic E-state index is 0. The number of aliphatic imine (C=N–C) groups is 1. The second-order valence-corrected chi connectivity index (χ2v) is 6.14. The Morgan fingerprint density at radius 2 is 1.83 bits per heavy atom. The van der Waals surface area contributed by atoms with Gasteiger partial charge < -0.3 is 15.4 Å². The highest BCUT2D eigenvalue weighted by atomic mass is 127. The second-order valence-electron chi connectivity index (χ2n) is 6.14. The summed E-state index contributed by atoms with van der Waals surface area (Å²) in [5.74, 6) is 0.922. The number of likely N-dealkylation sites (tertiary alicyclic amines) is 1. The summed E-state index contributed by atoms with van der Waals surface area (Å²) in [4.78, 5) is 9.37. The van der Waals surface area contributed by atoms with E-state index < -0.39 is 0 Å². The van der Waals surface area contributed by atoms with E-state index in [1.165, 1.54) is 32.4 Å². The molecule has 136 valence electrons. The van der Waals surface area contributed by atoms with Crippen LogP contribution in [0.3, 0.4) is 0 Å². The molecule has 2 saturated heterocycles. The summed E-state index contributed by atoms with van der Waals surface area (Å²) < 4.78 is 5.37. The van der Waals surface area contributed by atoms with E-state index in [1.54, 1.807) is 0 Å². The van der Waals surface area contributed by atoms with Crippen LogP contribution in [0.1, 0.15) is 26.2 Å². The van der Waals surface area contributed by atoms with Crippen LogP contribution >= 0.6 is 24.0 Å². The molecule has 0 radical (unpaired) electrons. The molecule has 23 heavy (non-hydrogen) atoms. The fourth-order valence-electron chi connectivity index (χ4n) is 3.23. The number of nitrogens with zero attached hydrogens (tertiary/aromatic N) is 3. The standard InChI is InChI=1S/C16H33N5O.HI/c1-3-15(21-7-4-5-8-21)14-19-16(17-2)18-6-9-20-10-12-22-13-11-20;/h15H,3-14H2,1-2H3,(H2,17,18,19);1H. The molecular weight excluding hydrogens is 405 g/mol. The number of morpholine rings is 1. The molecule has 1 atom stereocenters. The van der Waals surface area contributed by atoms with E-state index in [1.807, 2.05) is 7.05 Å². The molecule has 0 aromatic heterocycles. The van der Waals surface area contributed by atoms with Crippen molar-refractivity contribution in [3.63, 3.8) is 0 Å². The third-order valence-corrected chi connectivity index (χ3v) is 4.68. The van der Waals surface area contributed by atoms with Crippen molar-refractivity contribution < 1.29 is 4.74 Å². The van der Waals surface area contributed by atoms with Crippen LogP contribution in [0, 0.1) is 0 Å². The van der Waals surface area contributed by atoms with Gasteiger partial charge in [0.1, 0.15) is 0 Å². The Balaban J connectivity index is 0.00000264. The Hall–Kier alpha value is -0.120. The molecule has 2 N–H and O–H groups in total. The minimum Gasteiger partial charge on any atom is -0.379 e. The van der Waals surface area contributed by atoms with Gasteiger partial charge in [-0.2, -0.15) is 0 Å². The fourth-order valence-corrected chi connectivity index (χ4v) is 3.23. The summed E-state index contributed by atoms with van der Waals surface area (Å²) in [5, 5.41) is 6.91. The number of hydrogen-bond acceptors (Lipinski definition) is 4. The van der Waals surface area contributed by atoms with Gasteiger partial charge in [-0.15, -0.1) is 24.0 Å². The van der Waals surface area contributed by atoms with E-state index in [2.05, 4.69) is 32.3 Å². The largest absolute Gasteiger partial charge is 0.379 e. The van der Waals surface area contributed by atoms with E-state index >= 15 is 0 Å². The first-order valence-electron chi connectivity index (χ1n) is 8.82. The maximum Gasteiger partial charge on any atom is 0.191 e. The van der Waals surface area contributed by atoms with Gasteiger partial charge in [0.15, 0.2) is 5.96 Å². The smallest absolute Gasteiger partial charge is 0.191 e. The van der Waals surface area contributed by atoms with Crippen LogP contribution in [-0.2, 0) is 4.74 Å². The maximum absolute atomic E-state index is 5.37. The maximum atomic E-state index is 5.37. The van der Waals surface area contributed by atoms with Crippen molar-refractivity contribution in [2.24, 2.45) is 4.99 Å². The molecule has 2 aliphatic rings. The topological polar surface area (TPSA) is 52.1 Å². The lowest BCUT2D eigenvalue weighted by Crippen LogP contribution is -2.48. The Labute approximate surface area is 158 Å². The third kappa shape index (κ3) is 7.53. The Morgan fingerprint density at radius 1 is 1.13 bits per heavy atom. The van der Waals surface area contributed by atoms with E-state index in [-0.39, 0.29) is 24.0 Å². The zero-order chi connectivity index (χ0) is 15.6. The Morgan fingerprint density at radius 3 is 2.43 bits per heavy atom. The lowest BCUT2D eigenvalue weighted by atomic mass is 10.2. The molecule has 0 aliphatic carbocycles. The SMILES string of the molecule is CCC(CNC(=NC)NCCN1CCOCC1)N1CCCC1.I. The molecule has 2 fully saturated rings. The third-order valence-electron chi connectivity index (χ3n) is 4.68. The van der Waals surface area contributed by atoms with Crippen LogP contribution in [0.2, 0.25) is 0 Å². The van der Waals surface area contributed by atoms with Gasteiger partial charge in [0, 0.05) is 45.8 Å². The molecule has 0 bridgehead atoms. The normalized spacial score (nSPS) is 21.7. The van der Waals surface area contributed by atoms with Crippen LogP contribution in [0.25, 0.3) is 0 Å². The van der Waals surface area contributed by atoms with Crippen molar-refractivity contribution in [3.8, 4) is 0 Å². The summed E-state index contributed by atoms with van der Waals surface area (Å²) in [6.07, 6.45) is 3.89. The van der Waals surface area contributed by atoms with Gasteiger partial charge in [-0.3, -0.25) is 14.8 Å². The second kappa shape index (κ2) is 12.3. The fraction of sp³-hybridized carbons (Fsp3) is 0.938. The van der Waals surface area contributed by atoms with Gasteiger partial charge in [0.05, 0.1) is 13.2 Å². The average Bonchev–Trinajstić information content (AvgIpc) is 3.09. The van der Waals surface area contributed by atoms with Crippen molar-refractivity contribution in [3.05, 3.63) is 0 Å². The van der Waals surface area contributed by atoms with Crippen LogP contribution in [0.15, 0.2) is 4.99 Å². The molecule has 0 aromatic carbocycles. The van der Waals surface area contributed by atoms with E-state index in [0.29, 0.717) is 6.04 Å². The first-order valence-corrected chi connectivity index (χ1v) is 8.82. The summed E-state index contributed by atoms with van der Waals surface area (Å²) in [5.41, 5.74) is 0. The van der Waals surface area contributed by atoms with Crippen molar-refractivity contribution >= 4 is 29.9 Å². The Kier molecular flexibility index (Phi) is 11.2. The highest BCUT2D eigenvalue weighted by Gasteiger charge is 2.20. The molecule has 0 aromatic rings. The number of rotatable bonds is 7. The molecule has 2 aliphatic heterocycles. The number of nitrogens with one attached hydrogen (secondary N) is 2. The average molecular weight is 439 g/mol. The quantitative estimate of drug-likeness (QED) is 0.352. The van der Waals surface area contributed by atoms with E-state index in [9.17, 15) is 0 Å². The summed E-state index contributed by atoms with van der Waals surface area (Å²) >= 11 is 0. The van der Waals surface area contributed by atoms with Crippen molar-refractivity contribution in [1.82, 2.24) is 20.4 Å². The van der Waals surface area contributed by atoms with Crippen molar-refractivity contribution in [2.75, 3.05) is 66.1 Å². The molecule has 7 heteroatoms. The highest BCUT2D eigenvalue weighted by Crippen LogP contribution is 2.13. The van der Waals surface area contributed by atoms with Gasteiger partial charge in [-0.25, -0.2) is 0 Å². The van der Waals surface area contributed by atoms with Crippen molar-refractivity contribution in [2.45, 2.75) is 32.2 Å². The van der Waals surface area contributed by atoms with Gasteiger partial charge in [0.25, 0.3) is 0 Å². The van der Waals surface area contributed by atoms with Gasteiger partial charge in [-0.1, -0.05) is 6.92 Å². The predicted octanol–water partition coefficient (Wildman–Crippen LogP) is 0.976. The summed E-state index contributed by atoms with van der Waals surface area (Å²) in [6, 6.07) is 0.625. The molecule has 6 nitrogen and oxygen atoms in total. The highest BCUT2D eigenvalue weighted by molar-refractivity contribution is 14.0.